The van der Waals surface area contributed by atoms with Gasteiger partial charge < -0.3 is 15.0 Å². The quantitative estimate of drug-likeness (QED) is 0.702. The summed E-state index contributed by atoms with van der Waals surface area (Å²) in [7, 11) is 1.83. The average Bonchev–Trinajstić information content (AvgIpc) is 2.18. The zero-order valence-corrected chi connectivity index (χ0v) is 9.25. The lowest BCUT2D eigenvalue weighted by atomic mass is 10.2. The van der Waals surface area contributed by atoms with Crippen molar-refractivity contribution in [2.45, 2.75) is 20.0 Å². The number of morpholine rings is 1. The van der Waals surface area contributed by atoms with Crippen LogP contribution in [0.4, 0.5) is 0 Å². The first-order valence-electron chi connectivity index (χ1n) is 5.18. The molecule has 1 unspecified atom stereocenters. The Morgan fingerprint density at radius 1 is 1.64 bits per heavy atom. The molecule has 14 heavy (non-hydrogen) atoms. The number of hydrogen-bond acceptors (Lipinski definition) is 3. The second-order valence-electron chi connectivity index (χ2n) is 4.07. The van der Waals surface area contributed by atoms with Gasteiger partial charge in [0.2, 0.25) is 5.91 Å². The lowest BCUT2D eigenvalue weighted by molar-refractivity contribution is -0.135. The van der Waals surface area contributed by atoms with Crippen LogP contribution in [0.25, 0.3) is 0 Å². The number of carbonyl (C=O) groups excluding carboxylic acids is 1. The van der Waals surface area contributed by atoms with Gasteiger partial charge >= 0.3 is 0 Å². The van der Waals surface area contributed by atoms with Crippen LogP contribution in [0.5, 0.6) is 0 Å². The molecular formula is C10H20N2O2. The van der Waals surface area contributed by atoms with Gasteiger partial charge in [-0.15, -0.1) is 0 Å². The zero-order chi connectivity index (χ0) is 10.6. The fraction of sp³-hybridized carbons (Fsp3) is 0.900. The first kappa shape index (κ1) is 11.5. The number of rotatable bonds is 3. The van der Waals surface area contributed by atoms with E-state index in [0.29, 0.717) is 6.54 Å². The van der Waals surface area contributed by atoms with E-state index in [1.165, 1.54) is 0 Å². The van der Waals surface area contributed by atoms with Crippen molar-refractivity contribution in [3.05, 3.63) is 0 Å². The molecule has 0 aromatic rings. The third-order valence-corrected chi connectivity index (χ3v) is 2.35. The summed E-state index contributed by atoms with van der Waals surface area (Å²) in [5.74, 6) is 0.246. The number of amides is 1. The predicted octanol–water partition coefficient (Wildman–Crippen LogP) is 0.0892. The molecule has 4 heteroatoms. The van der Waals surface area contributed by atoms with Gasteiger partial charge in [0.25, 0.3) is 0 Å². The van der Waals surface area contributed by atoms with E-state index in [-0.39, 0.29) is 17.9 Å². The Bertz CT molecular complexity index is 189. The number of nitrogens with zero attached hydrogens (tertiary/aromatic N) is 1. The Balaban J connectivity index is 2.31. The van der Waals surface area contributed by atoms with Gasteiger partial charge in [-0.25, -0.2) is 0 Å². The minimum atomic E-state index is 0.0662. The molecule has 1 saturated heterocycles. The fourth-order valence-electron chi connectivity index (χ4n) is 1.57. The first-order chi connectivity index (χ1) is 6.61. The van der Waals surface area contributed by atoms with Crippen LogP contribution in [-0.2, 0) is 9.53 Å². The Kier molecular flexibility index (Phi) is 4.35. The summed E-state index contributed by atoms with van der Waals surface area (Å²) in [6, 6.07) is 0. The lowest BCUT2D eigenvalue weighted by Crippen LogP contribution is -2.46. The molecule has 0 bridgehead atoms. The lowest BCUT2D eigenvalue weighted by Gasteiger charge is -2.28. The zero-order valence-electron chi connectivity index (χ0n) is 9.25. The summed E-state index contributed by atoms with van der Waals surface area (Å²) < 4.78 is 5.52. The average molecular weight is 200 g/mol. The van der Waals surface area contributed by atoms with Gasteiger partial charge in [0, 0.05) is 32.6 Å². The Morgan fingerprint density at radius 2 is 2.36 bits per heavy atom. The van der Waals surface area contributed by atoms with Crippen LogP contribution < -0.4 is 5.32 Å². The minimum Gasteiger partial charge on any atom is -0.374 e. The van der Waals surface area contributed by atoms with Gasteiger partial charge in [-0.3, -0.25) is 4.79 Å². The van der Waals surface area contributed by atoms with Gasteiger partial charge in [0.05, 0.1) is 12.7 Å². The number of likely N-dealkylation sites (N-methyl/N-ethyl adjacent to an activating group) is 1. The van der Waals surface area contributed by atoms with E-state index in [4.69, 9.17) is 4.74 Å². The van der Waals surface area contributed by atoms with Gasteiger partial charge in [-0.2, -0.15) is 0 Å². The summed E-state index contributed by atoms with van der Waals surface area (Å²) in [6.07, 6.45) is 0.149. The monoisotopic (exact) mass is 200 g/mol. The topological polar surface area (TPSA) is 41.6 Å². The van der Waals surface area contributed by atoms with Gasteiger partial charge in [-0.1, -0.05) is 13.8 Å². The highest BCUT2D eigenvalue weighted by Gasteiger charge is 2.19. The molecular weight excluding hydrogens is 180 g/mol. The summed E-state index contributed by atoms with van der Waals surface area (Å²) in [6.45, 7) is 7.02. The second kappa shape index (κ2) is 5.32. The third-order valence-electron chi connectivity index (χ3n) is 2.35. The van der Waals surface area contributed by atoms with Crippen LogP contribution in [0, 0.1) is 5.92 Å². The largest absolute Gasteiger partial charge is 0.374 e. The Labute approximate surface area is 85.6 Å². The maximum absolute atomic E-state index is 11.6. The van der Waals surface area contributed by atoms with Crippen LogP contribution in [0.1, 0.15) is 13.8 Å². The molecule has 1 atom stereocenters. The van der Waals surface area contributed by atoms with E-state index >= 15 is 0 Å². The van der Waals surface area contributed by atoms with Gasteiger partial charge in [0.15, 0.2) is 0 Å². The van der Waals surface area contributed by atoms with Crippen molar-refractivity contribution in [1.82, 2.24) is 10.2 Å². The molecule has 4 nitrogen and oxygen atoms in total. The molecule has 1 aliphatic heterocycles. The fourth-order valence-corrected chi connectivity index (χ4v) is 1.57. The molecule has 0 aromatic carbocycles. The smallest absolute Gasteiger partial charge is 0.224 e. The maximum atomic E-state index is 11.6. The molecule has 0 radical (unpaired) electrons. The molecule has 1 heterocycles. The number of hydrogen-bond donors (Lipinski definition) is 1. The second-order valence-corrected chi connectivity index (χ2v) is 4.07. The Morgan fingerprint density at radius 3 is 2.86 bits per heavy atom. The highest BCUT2D eigenvalue weighted by molar-refractivity contribution is 5.77. The van der Waals surface area contributed by atoms with Crippen molar-refractivity contribution >= 4 is 5.91 Å². The summed E-state index contributed by atoms with van der Waals surface area (Å²) >= 11 is 0. The molecule has 1 amide bonds. The van der Waals surface area contributed by atoms with E-state index in [2.05, 4.69) is 5.32 Å². The summed E-state index contributed by atoms with van der Waals surface area (Å²) in [4.78, 5) is 13.3. The van der Waals surface area contributed by atoms with Crippen molar-refractivity contribution in [1.29, 1.82) is 0 Å². The normalized spacial score (nSPS) is 22.4. The van der Waals surface area contributed by atoms with E-state index < -0.39 is 0 Å². The first-order valence-corrected chi connectivity index (χ1v) is 5.18. The molecule has 1 aliphatic rings. The SMILES string of the molecule is CC(C)C(=O)N(C)CC1CNCCO1. The van der Waals surface area contributed by atoms with Crippen LogP contribution in [0.3, 0.4) is 0 Å². The summed E-state index contributed by atoms with van der Waals surface area (Å²) in [5.41, 5.74) is 0. The molecule has 0 aliphatic carbocycles. The number of ether oxygens (including phenoxy) is 1. The van der Waals surface area contributed by atoms with Crippen molar-refractivity contribution in [3.63, 3.8) is 0 Å². The highest BCUT2D eigenvalue weighted by atomic mass is 16.5. The summed E-state index contributed by atoms with van der Waals surface area (Å²) in [5, 5.41) is 3.25. The van der Waals surface area contributed by atoms with Gasteiger partial charge in [-0.05, 0) is 0 Å². The number of nitrogens with one attached hydrogen (secondary N) is 1. The Hall–Kier alpha value is -0.610. The predicted molar refractivity (Wildman–Crippen MR) is 55.1 cm³/mol. The van der Waals surface area contributed by atoms with Gasteiger partial charge in [0.1, 0.15) is 0 Å². The number of carbonyl (C=O) groups is 1. The highest BCUT2D eigenvalue weighted by Crippen LogP contribution is 2.03. The molecule has 1 fully saturated rings. The van der Waals surface area contributed by atoms with Crippen molar-refractivity contribution in [2.75, 3.05) is 33.3 Å². The standard InChI is InChI=1S/C10H20N2O2/c1-8(2)10(13)12(3)7-9-6-11-4-5-14-9/h8-9,11H,4-7H2,1-3H3. The molecule has 0 spiro atoms. The molecule has 0 saturated carbocycles. The minimum absolute atomic E-state index is 0.0662. The van der Waals surface area contributed by atoms with Crippen LogP contribution >= 0.6 is 0 Å². The maximum Gasteiger partial charge on any atom is 0.224 e. The van der Waals surface area contributed by atoms with E-state index in [9.17, 15) is 4.79 Å². The van der Waals surface area contributed by atoms with Crippen molar-refractivity contribution < 1.29 is 9.53 Å². The van der Waals surface area contributed by atoms with Crippen LogP contribution in [0.15, 0.2) is 0 Å². The molecule has 82 valence electrons. The third kappa shape index (κ3) is 3.27. The van der Waals surface area contributed by atoms with E-state index in [1.807, 2.05) is 20.9 Å². The van der Waals surface area contributed by atoms with Crippen LogP contribution in [-0.4, -0.2) is 50.2 Å². The van der Waals surface area contributed by atoms with Crippen molar-refractivity contribution in [2.24, 2.45) is 5.92 Å². The van der Waals surface area contributed by atoms with E-state index in [1.54, 1.807) is 4.90 Å². The van der Waals surface area contributed by atoms with Crippen LogP contribution in [0.2, 0.25) is 0 Å². The molecule has 1 rings (SSSR count). The molecule has 0 aromatic heterocycles. The molecule has 1 N–H and O–H groups in total. The van der Waals surface area contributed by atoms with Crippen molar-refractivity contribution in [3.8, 4) is 0 Å². The van der Waals surface area contributed by atoms with E-state index in [0.717, 1.165) is 19.7 Å².